The van der Waals surface area contributed by atoms with Gasteiger partial charge in [-0.1, -0.05) is 12.1 Å². The second-order valence-electron chi connectivity index (χ2n) is 6.28. The molecule has 1 aliphatic rings. The number of benzene rings is 2. The molecule has 27 heavy (non-hydrogen) atoms. The third kappa shape index (κ3) is 4.13. The van der Waals surface area contributed by atoms with E-state index in [-0.39, 0.29) is 34.7 Å². The van der Waals surface area contributed by atoms with Crippen LogP contribution in [0.1, 0.15) is 34.3 Å². The molecule has 5 nitrogen and oxygen atoms in total. The highest BCUT2D eigenvalue weighted by Crippen LogP contribution is 2.31. The van der Waals surface area contributed by atoms with Gasteiger partial charge < -0.3 is 21.2 Å². The average molecular weight is 371 g/mol. The lowest BCUT2D eigenvalue weighted by Gasteiger charge is -2.15. The Hall–Kier alpha value is -3.22. The van der Waals surface area contributed by atoms with Crippen molar-refractivity contribution in [3.63, 3.8) is 0 Å². The van der Waals surface area contributed by atoms with Crippen molar-refractivity contribution in [1.82, 2.24) is 5.32 Å². The molecule has 2 aromatic carbocycles. The molecule has 3 rings (SSSR count). The number of ether oxygens (including phenoxy) is 1. The van der Waals surface area contributed by atoms with Crippen LogP contribution >= 0.6 is 0 Å². The molecule has 0 aliphatic heterocycles. The predicted molar refractivity (Wildman–Crippen MR) is 100 cm³/mol. The van der Waals surface area contributed by atoms with Gasteiger partial charge in [0.05, 0.1) is 23.9 Å². The number of allylic oxidation sites excluding steroid dienone is 1. The summed E-state index contributed by atoms with van der Waals surface area (Å²) in [5.41, 5.74) is 7.19. The zero-order valence-electron chi connectivity index (χ0n) is 14.7. The first-order valence-electron chi connectivity index (χ1n) is 8.40. The monoisotopic (exact) mass is 371 g/mol. The van der Waals surface area contributed by atoms with E-state index in [4.69, 9.17) is 15.9 Å². The normalized spacial score (nSPS) is 13.6. The van der Waals surface area contributed by atoms with Crippen LogP contribution in [0.5, 0.6) is 5.75 Å². The molecule has 0 radical (unpaired) electrons. The maximum absolute atomic E-state index is 13.3. The minimum absolute atomic E-state index is 0.0184. The number of hydrogen-bond donors (Lipinski definition) is 3. The summed E-state index contributed by atoms with van der Waals surface area (Å²) in [6.45, 7) is 0. The SMILES string of the molecule is COc1c(C(=O)NC2CC2)ccc(N)c1C(=N)/C=C/c1ccc(F)c(F)c1. The fraction of sp³-hybridized carbons (Fsp3) is 0.200. The second kappa shape index (κ2) is 7.57. The molecule has 1 fully saturated rings. The van der Waals surface area contributed by atoms with Crippen molar-refractivity contribution in [2.75, 3.05) is 12.8 Å². The molecule has 1 amide bonds. The number of amides is 1. The van der Waals surface area contributed by atoms with Crippen LogP contribution in [-0.4, -0.2) is 24.8 Å². The number of carbonyl (C=O) groups is 1. The van der Waals surface area contributed by atoms with E-state index in [1.165, 1.54) is 25.3 Å². The van der Waals surface area contributed by atoms with Crippen LogP contribution in [0.2, 0.25) is 0 Å². The smallest absolute Gasteiger partial charge is 0.255 e. The molecule has 0 bridgehead atoms. The summed E-state index contributed by atoms with van der Waals surface area (Å²) >= 11 is 0. The highest BCUT2D eigenvalue weighted by molar-refractivity contribution is 6.15. The minimum Gasteiger partial charge on any atom is -0.495 e. The van der Waals surface area contributed by atoms with Gasteiger partial charge >= 0.3 is 0 Å². The molecular weight excluding hydrogens is 352 g/mol. The number of nitrogens with two attached hydrogens (primary N) is 1. The fourth-order valence-corrected chi connectivity index (χ4v) is 2.64. The van der Waals surface area contributed by atoms with E-state index < -0.39 is 11.6 Å². The largest absolute Gasteiger partial charge is 0.495 e. The van der Waals surface area contributed by atoms with E-state index in [9.17, 15) is 13.6 Å². The summed E-state index contributed by atoms with van der Waals surface area (Å²) in [4.78, 5) is 12.4. The van der Waals surface area contributed by atoms with Crippen molar-refractivity contribution >= 4 is 23.4 Å². The first kappa shape index (κ1) is 18.6. The molecule has 140 valence electrons. The minimum atomic E-state index is -0.973. The topological polar surface area (TPSA) is 88.2 Å². The molecule has 2 aromatic rings. The predicted octanol–water partition coefficient (Wildman–Crippen LogP) is 3.53. The third-order valence-electron chi connectivity index (χ3n) is 4.21. The Balaban J connectivity index is 1.91. The molecule has 4 N–H and O–H groups in total. The summed E-state index contributed by atoms with van der Waals surface area (Å²) in [5.74, 6) is -2.00. The number of anilines is 1. The van der Waals surface area contributed by atoms with Crippen molar-refractivity contribution < 1.29 is 18.3 Å². The van der Waals surface area contributed by atoms with Gasteiger partial charge in [0.25, 0.3) is 5.91 Å². The Kier molecular flexibility index (Phi) is 5.21. The highest BCUT2D eigenvalue weighted by atomic mass is 19.2. The van der Waals surface area contributed by atoms with Crippen LogP contribution in [0, 0.1) is 17.0 Å². The molecule has 0 aromatic heterocycles. The maximum Gasteiger partial charge on any atom is 0.255 e. The van der Waals surface area contributed by atoms with Crippen LogP contribution in [-0.2, 0) is 0 Å². The highest BCUT2D eigenvalue weighted by Gasteiger charge is 2.26. The Morgan fingerprint density at radius 2 is 2.00 bits per heavy atom. The van der Waals surface area contributed by atoms with Gasteiger partial charge in [-0.25, -0.2) is 8.78 Å². The van der Waals surface area contributed by atoms with Gasteiger partial charge in [0.2, 0.25) is 0 Å². The van der Waals surface area contributed by atoms with Gasteiger partial charge in [0.15, 0.2) is 11.6 Å². The lowest BCUT2D eigenvalue weighted by atomic mass is 10.0. The summed E-state index contributed by atoms with van der Waals surface area (Å²) in [5, 5.41) is 11.2. The summed E-state index contributed by atoms with van der Waals surface area (Å²) in [6.07, 6.45) is 4.75. The molecular formula is C20H19F2N3O2. The number of rotatable bonds is 6. The van der Waals surface area contributed by atoms with Gasteiger partial charge in [-0.2, -0.15) is 0 Å². The quantitative estimate of drug-likeness (QED) is 0.536. The molecule has 1 saturated carbocycles. The standard InChI is InChI=1S/C20H19F2N3O2/c1-27-19-13(20(26)25-12-4-5-12)6-9-17(24)18(19)16(23)8-3-11-2-7-14(21)15(22)10-11/h2-3,6-10,12,23H,4-5,24H2,1H3,(H,25,26)/b8-3+,23-16?. The Morgan fingerprint density at radius 1 is 1.26 bits per heavy atom. The number of hydrogen-bond acceptors (Lipinski definition) is 4. The van der Waals surface area contributed by atoms with Crippen molar-refractivity contribution in [3.05, 3.63) is 64.7 Å². The summed E-state index contributed by atoms with van der Waals surface area (Å²) in [7, 11) is 1.40. The van der Waals surface area contributed by atoms with E-state index in [0.717, 1.165) is 25.0 Å². The van der Waals surface area contributed by atoms with Crippen molar-refractivity contribution in [3.8, 4) is 5.75 Å². The second-order valence-corrected chi connectivity index (χ2v) is 6.28. The Bertz CT molecular complexity index is 937. The molecule has 0 spiro atoms. The van der Waals surface area contributed by atoms with Crippen LogP contribution < -0.4 is 15.8 Å². The average Bonchev–Trinajstić information content (AvgIpc) is 3.45. The molecule has 0 unspecified atom stereocenters. The van der Waals surface area contributed by atoms with Gasteiger partial charge in [-0.05, 0) is 48.7 Å². The number of halogens is 2. The number of methoxy groups -OCH3 is 1. The lowest BCUT2D eigenvalue weighted by Crippen LogP contribution is -2.26. The molecule has 0 atom stereocenters. The Morgan fingerprint density at radius 3 is 2.63 bits per heavy atom. The summed E-state index contributed by atoms with van der Waals surface area (Å²) in [6, 6.07) is 6.70. The molecule has 0 heterocycles. The number of nitrogens with one attached hydrogen (secondary N) is 2. The lowest BCUT2D eigenvalue weighted by molar-refractivity contribution is 0.0948. The number of carbonyl (C=O) groups excluding carboxylic acids is 1. The fourth-order valence-electron chi connectivity index (χ4n) is 2.64. The molecule has 1 aliphatic carbocycles. The molecule has 7 heteroatoms. The third-order valence-corrected chi connectivity index (χ3v) is 4.21. The zero-order valence-corrected chi connectivity index (χ0v) is 14.7. The van der Waals surface area contributed by atoms with Crippen LogP contribution in [0.25, 0.3) is 6.08 Å². The van der Waals surface area contributed by atoms with Gasteiger partial charge in [0.1, 0.15) is 5.75 Å². The van der Waals surface area contributed by atoms with Crippen LogP contribution in [0.15, 0.2) is 36.4 Å². The van der Waals surface area contributed by atoms with Gasteiger partial charge in [-0.3, -0.25) is 4.79 Å². The van der Waals surface area contributed by atoms with E-state index >= 15 is 0 Å². The summed E-state index contributed by atoms with van der Waals surface area (Å²) < 4.78 is 31.7. The Labute approximate surface area is 155 Å². The maximum atomic E-state index is 13.3. The zero-order chi connectivity index (χ0) is 19.6. The van der Waals surface area contributed by atoms with E-state index in [1.54, 1.807) is 12.1 Å². The van der Waals surface area contributed by atoms with E-state index in [2.05, 4.69) is 5.32 Å². The van der Waals surface area contributed by atoms with E-state index in [1.807, 2.05) is 0 Å². The first-order chi connectivity index (χ1) is 12.9. The number of nitrogen functional groups attached to an aromatic ring is 1. The van der Waals surface area contributed by atoms with Crippen LogP contribution in [0.3, 0.4) is 0 Å². The van der Waals surface area contributed by atoms with Gasteiger partial charge in [0, 0.05) is 11.7 Å². The van der Waals surface area contributed by atoms with Crippen molar-refractivity contribution in [2.45, 2.75) is 18.9 Å². The molecule has 0 saturated heterocycles. The van der Waals surface area contributed by atoms with Crippen LogP contribution in [0.4, 0.5) is 14.5 Å². The first-order valence-corrected chi connectivity index (χ1v) is 8.40. The van der Waals surface area contributed by atoms with Crippen molar-refractivity contribution in [1.29, 1.82) is 5.41 Å². The van der Waals surface area contributed by atoms with E-state index in [0.29, 0.717) is 11.1 Å². The van der Waals surface area contributed by atoms with Crippen molar-refractivity contribution in [2.24, 2.45) is 0 Å². The van der Waals surface area contributed by atoms with Gasteiger partial charge in [-0.15, -0.1) is 0 Å².